The van der Waals surface area contributed by atoms with Crippen LogP contribution in [0.2, 0.25) is 0 Å². The van der Waals surface area contributed by atoms with Crippen LogP contribution in [0.3, 0.4) is 0 Å². The Morgan fingerprint density at radius 1 is 1.21 bits per heavy atom. The minimum Gasteiger partial charge on any atom is -0.496 e. The molecule has 2 aromatic rings. The van der Waals surface area contributed by atoms with Gasteiger partial charge in [-0.2, -0.15) is 0 Å². The highest BCUT2D eigenvalue weighted by atomic mass is 79.9. The second-order valence-corrected chi connectivity index (χ2v) is 7.69. The average molecular weight is 412 g/mol. The number of nitrogens with zero attached hydrogens (tertiary/aromatic N) is 1. The van der Waals surface area contributed by atoms with Crippen molar-refractivity contribution in [2.75, 3.05) is 25.1 Å². The van der Waals surface area contributed by atoms with Crippen molar-refractivity contribution >= 4 is 31.6 Å². The first-order valence-corrected chi connectivity index (χ1v) is 9.29. The van der Waals surface area contributed by atoms with Crippen molar-refractivity contribution in [2.24, 2.45) is 0 Å². The molecule has 0 aliphatic heterocycles. The first kappa shape index (κ1) is 18.4. The summed E-state index contributed by atoms with van der Waals surface area (Å²) < 4.78 is 37.8. The van der Waals surface area contributed by atoms with Crippen LogP contribution < -0.4 is 13.8 Å². The summed E-state index contributed by atoms with van der Waals surface area (Å²) in [7, 11) is -0.647. The second kappa shape index (κ2) is 7.72. The maximum atomic E-state index is 12.8. The maximum Gasteiger partial charge on any atom is 0.264 e. The number of hydrogen-bond donors (Lipinski definition) is 0. The highest BCUT2D eigenvalue weighted by Gasteiger charge is 2.22. The maximum absolute atomic E-state index is 12.8. The lowest BCUT2D eigenvalue weighted by molar-refractivity contribution is 0.363. The van der Waals surface area contributed by atoms with Gasteiger partial charge >= 0.3 is 0 Å². The van der Waals surface area contributed by atoms with Crippen LogP contribution >= 0.6 is 15.9 Å². The lowest BCUT2D eigenvalue weighted by Gasteiger charge is -2.20. The topological polar surface area (TPSA) is 55.8 Å². The third-order valence-electron chi connectivity index (χ3n) is 3.35. The van der Waals surface area contributed by atoms with Crippen molar-refractivity contribution in [3.63, 3.8) is 0 Å². The van der Waals surface area contributed by atoms with E-state index < -0.39 is 10.0 Å². The summed E-state index contributed by atoms with van der Waals surface area (Å²) in [6.45, 7) is 3.98. The molecule has 0 heterocycles. The van der Waals surface area contributed by atoms with E-state index in [1.807, 2.05) is 0 Å². The van der Waals surface area contributed by atoms with Crippen molar-refractivity contribution in [1.29, 1.82) is 0 Å². The molecular formula is C17H18BrNO4S. The predicted molar refractivity (Wildman–Crippen MR) is 98.4 cm³/mol. The van der Waals surface area contributed by atoms with E-state index in [1.165, 1.54) is 30.6 Å². The normalized spacial score (nSPS) is 11.0. The Labute approximate surface area is 150 Å². The molecule has 24 heavy (non-hydrogen) atoms. The number of hydrogen-bond acceptors (Lipinski definition) is 4. The summed E-state index contributed by atoms with van der Waals surface area (Å²) in [6, 6.07) is 11.5. The van der Waals surface area contributed by atoms with E-state index >= 15 is 0 Å². The largest absolute Gasteiger partial charge is 0.496 e. The second-order valence-electron chi connectivity index (χ2n) is 4.86. The molecule has 0 aromatic heterocycles. The molecule has 0 N–H and O–H groups in total. The van der Waals surface area contributed by atoms with Crippen molar-refractivity contribution in [3.8, 4) is 11.5 Å². The standard InChI is InChI=1S/C17H18BrNO4S/c1-4-11-23-14-7-5-13(6-8-14)19(2)24(20,21)15-9-10-17(22-3)16(18)12-15/h4-10,12H,1,11H2,2-3H3. The summed E-state index contributed by atoms with van der Waals surface area (Å²) in [4.78, 5) is 0.171. The number of anilines is 1. The van der Waals surface area contributed by atoms with Crippen molar-refractivity contribution < 1.29 is 17.9 Å². The molecule has 7 heteroatoms. The van der Waals surface area contributed by atoms with E-state index in [9.17, 15) is 8.42 Å². The Morgan fingerprint density at radius 3 is 2.42 bits per heavy atom. The van der Waals surface area contributed by atoms with Gasteiger partial charge in [0.15, 0.2) is 0 Å². The molecule has 0 amide bonds. The minimum absolute atomic E-state index is 0.171. The molecule has 128 valence electrons. The van der Waals surface area contributed by atoms with Crippen molar-refractivity contribution in [2.45, 2.75) is 4.90 Å². The molecule has 0 unspecified atom stereocenters. The van der Waals surface area contributed by atoms with Gasteiger partial charge in [-0.05, 0) is 58.4 Å². The van der Waals surface area contributed by atoms with Gasteiger partial charge in [-0.25, -0.2) is 8.42 Å². The minimum atomic E-state index is -3.68. The van der Waals surface area contributed by atoms with Gasteiger partial charge in [0.05, 0.1) is 22.2 Å². The van der Waals surface area contributed by atoms with Gasteiger partial charge in [-0.3, -0.25) is 4.31 Å². The Hall–Kier alpha value is -1.99. The molecule has 0 saturated heterocycles. The Bertz CT molecular complexity index is 819. The SMILES string of the molecule is C=CCOc1ccc(N(C)S(=O)(=O)c2ccc(OC)c(Br)c2)cc1. The van der Waals surface area contributed by atoms with E-state index in [2.05, 4.69) is 22.5 Å². The van der Waals surface area contributed by atoms with Gasteiger partial charge < -0.3 is 9.47 Å². The van der Waals surface area contributed by atoms with Crippen LogP contribution in [-0.4, -0.2) is 29.2 Å². The predicted octanol–water partition coefficient (Wildman–Crippen LogP) is 3.85. The van der Waals surface area contributed by atoms with Crippen molar-refractivity contribution in [3.05, 3.63) is 59.6 Å². The lowest BCUT2D eigenvalue weighted by Crippen LogP contribution is -2.26. The summed E-state index contributed by atoms with van der Waals surface area (Å²) in [5.74, 6) is 1.22. The molecule has 0 atom stereocenters. The molecule has 0 aliphatic carbocycles. The van der Waals surface area contributed by atoms with Gasteiger partial charge in [0.2, 0.25) is 0 Å². The van der Waals surface area contributed by atoms with Crippen molar-refractivity contribution in [1.82, 2.24) is 0 Å². The number of sulfonamides is 1. The molecular weight excluding hydrogens is 394 g/mol. The molecule has 2 rings (SSSR count). The number of benzene rings is 2. The van der Waals surface area contributed by atoms with Gasteiger partial charge in [0.1, 0.15) is 18.1 Å². The molecule has 0 saturated carbocycles. The van der Waals surface area contributed by atoms with Crippen LogP contribution in [0.1, 0.15) is 0 Å². The number of ether oxygens (including phenoxy) is 2. The molecule has 2 aromatic carbocycles. The summed E-state index contributed by atoms with van der Waals surface area (Å²) in [5, 5.41) is 0. The van der Waals surface area contributed by atoms with Gasteiger partial charge in [0.25, 0.3) is 10.0 Å². The number of halogens is 1. The first-order valence-electron chi connectivity index (χ1n) is 7.06. The Balaban J connectivity index is 2.28. The quantitative estimate of drug-likeness (QED) is 0.649. The molecule has 0 spiro atoms. The Morgan fingerprint density at radius 2 is 1.88 bits per heavy atom. The van der Waals surface area contributed by atoms with E-state index in [0.29, 0.717) is 28.3 Å². The lowest BCUT2D eigenvalue weighted by atomic mass is 10.3. The van der Waals surface area contributed by atoms with Crippen LogP contribution in [0.25, 0.3) is 0 Å². The fraction of sp³-hybridized carbons (Fsp3) is 0.176. The zero-order chi connectivity index (χ0) is 17.7. The molecule has 0 bridgehead atoms. The summed E-state index contributed by atoms with van der Waals surface area (Å²) in [5.41, 5.74) is 0.535. The van der Waals surface area contributed by atoms with Crippen LogP contribution in [0, 0.1) is 0 Å². The third kappa shape index (κ3) is 3.91. The summed E-state index contributed by atoms with van der Waals surface area (Å²) in [6.07, 6.45) is 1.64. The molecule has 5 nitrogen and oxygen atoms in total. The molecule has 0 radical (unpaired) electrons. The van der Waals surface area contributed by atoms with Crippen LogP contribution in [0.4, 0.5) is 5.69 Å². The van der Waals surface area contributed by atoms with E-state index in [1.54, 1.807) is 36.4 Å². The number of methoxy groups -OCH3 is 1. The summed E-state index contributed by atoms with van der Waals surface area (Å²) >= 11 is 3.31. The van der Waals surface area contributed by atoms with Crippen LogP contribution in [-0.2, 0) is 10.0 Å². The average Bonchev–Trinajstić information content (AvgIpc) is 2.59. The smallest absolute Gasteiger partial charge is 0.264 e. The highest BCUT2D eigenvalue weighted by molar-refractivity contribution is 9.10. The zero-order valence-electron chi connectivity index (χ0n) is 13.4. The van der Waals surface area contributed by atoms with E-state index in [4.69, 9.17) is 9.47 Å². The monoisotopic (exact) mass is 411 g/mol. The van der Waals surface area contributed by atoms with E-state index in [0.717, 1.165) is 0 Å². The fourth-order valence-electron chi connectivity index (χ4n) is 2.01. The van der Waals surface area contributed by atoms with Gasteiger partial charge in [-0.1, -0.05) is 12.7 Å². The third-order valence-corrected chi connectivity index (χ3v) is 5.75. The first-order chi connectivity index (χ1) is 11.4. The van der Waals surface area contributed by atoms with Crippen LogP contribution in [0.15, 0.2) is 64.5 Å². The van der Waals surface area contributed by atoms with Crippen LogP contribution in [0.5, 0.6) is 11.5 Å². The van der Waals surface area contributed by atoms with Gasteiger partial charge in [-0.15, -0.1) is 0 Å². The van der Waals surface area contributed by atoms with Gasteiger partial charge in [0, 0.05) is 7.05 Å². The Kier molecular flexibility index (Phi) is 5.90. The molecule has 0 fully saturated rings. The fourth-order valence-corrected chi connectivity index (χ4v) is 3.93. The highest BCUT2D eigenvalue weighted by Crippen LogP contribution is 2.30. The van der Waals surface area contributed by atoms with E-state index in [-0.39, 0.29) is 4.90 Å². The number of rotatable bonds is 7. The zero-order valence-corrected chi connectivity index (χ0v) is 15.8. The molecule has 0 aliphatic rings.